The van der Waals surface area contributed by atoms with Crippen molar-refractivity contribution in [3.63, 3.8) is 0 Å². The third-order valence-electron chi connectivity index (χ3n) is 3.62. The molecule has 1 amide bonds. The number of hydrogen-bond donors (Lipinski definition) is 1. The van der Waals surface area contributed by atoms with E-state index in [0.29, 0.717) is 11.4 Å². The smallest absolute Gasteiger partial charge is 0.312 e. The summed E-state index contributed by atoms with van der Waals surface area (Å²) in [4.78, 5) is 28.6. The highest BCUT2D eigenvalue weighted by Gasteiger charge is 2.19. The first-order valence-corrected chi connectivity index (χ1v) is 9.05. The van der Waals surface area contributed by atoms with Gasteiger partial charge in [-0.25, -0.2) is 4.98 Å². The summed E-state index contributed by atoms with van der Waals surface area (Å²) < 4.78 is 5.22. The summed E-state index contributed by atoms with van der Waals surface area (Å²) in [6, 6.07) is 18.8. The van der Waals surface area contributed by atoms with Crippen molar-refractivity contribution in [1.82, 2.24) is 4.98 Å². The molecule has 1 aromatic heterocycles. The van der Waals surface area contributed by atoms with Gasteiger partial charge in [-0.1, -0.05) is 48.5 Å². The Balaban J connectivity index is 1.54. The van der Waals surface area contributed by atoms with E-state index in [0.717, 1.165) is 10.6 Å². The average molecular weight is 366 g/mol. The largest absolute Gasteiger partial charge is 0.452 e. The van der Waals surface area contributed by atoms with Crippen molar-refractivity contribution in [3.8, 4) is 10.6 Å². The molecular weight excluding hydrogens is 348 g/mol. The first-order valence-electron chi connectivity index (χ1n) is 8.17. The van der Waals surface area contributed by atoms with Crippen LogP contribution in [0.15, 0.2) is 66.0 Å². The maximum Gasteiger partial charge on any atom is 0.312 e. The molecule has 0 fully saturated rings. The van der Waals surface area contributed by atoms with Gasteiger partial charge in [0.05, 0.1) is 12.1 Å². The molecule has 3 aromatic rings. The first kappa shape index (κ1) is 17.8. The van der Waals surface area contributed by atoms with Gasteiger partial charge in [0.15, 0.2) is 6.10 Å². The molecule has 0 radical (unpaired) electrons. The minimum Gasteiger partial charge on any atom is -0.452 e. The summed E-state index contributed by atoms with van der Waals surface area (Å²) in [5, 5.41) is 5.39. The molecule has 1 heterocycles. The fourth-order valence-electron chi connectivity index (χ4n) is 2.31. The van der Waals surface area contributed by atoms with Gasteiger partial charge in [-0.15, -0.1) is 11.3 Å². The van der Waals surface area contributed by atoms with Gasteiger partial charge in [-0.05, 0) is 19.1 Å². The normalized spacial score (nSPS) is 11.6. The second-order valence-corrected chi connectivity index (χ2v) is 6.53. The van der Waals surface area contributed by atoms with Gasteiger partial charge in [0, 0.05) is 16.6 Å². The Labute approximate surface area is 155 Å². The molecule has 0 aliphatic heterocycles. The topological polar surface area (TPSA) is 68.3 Å². The SMILES string of the molecule is C[C@@H](OC(=O)Cc1csc(-c2ccccc2)n1)C(=O)Nc1ccccc1. The number of thiazole rings is 1. The lowest BCUT2D eigenvalue weighted by Gasteiger charge is -2.13. The molecule has 3 rings (SSSR count). The van der Waals surface area contributed by atoms with E-state index in [1.807, 2.05) is 53.9 Å². The molecule has 6 heteroatoms. The van der Waals surface area contributed by atoms with E-state index < -0.39 is 12.1 Å². The zero-order chi connectivity index (χ0) is 18.4. The van der Waals surface area contributed by atoms with Crippen molar-refractivity contribution in [1.29, 1.82) is 0 Å². The second-order valence-electron chi connectivity index (χ2n) is 5.67. The second kappa shape index (κ2) is 8.40. The van der Waals surface area contributed by atoms with Crippen LogP contribution in [0.1, 0.15) is 12.6 Å². The van der Waals surface area contributed by atoms with Gasteiger partial charge in [-0.3, -0.25) is 9.59 Å². The molecule has 0 aliphatic carbocycles. The van der Waals surface area contributed by atoms with Crippen LogP contribution < -0.4 is 5.32 Å². The van der Waals surface area contributed by atoms with Crippen molar-refractivity contribution >= 4 is 28.9 Å². The van der Waals surface area contributed by atoms with Crippen LogP contribution in [0, 0.1) is 0 Å². The fraction of sp³-hybridized carbons (Fsp3) is 0.150. The van der Waals surface area contributed by atoms with E-state index in [1.54, 1.807) is 19.1 Å². The molecule has 0 saturated heterocycles. The third kappa shape index (κ3) is 4.77. The van der Waals surface area contributed by atoms with Crippen LogP contribution in [0.25, 0.3) is 10.6 Å². The number of ether oxygens (including phenoxy) is 1. The zero-order valence-electron chi connectivity index (χ0n) is 14.2. The van der Waals surface area contributed by atoms with Crippen LogP contribution in [-0.4, -0.2) is 23.0 Å². The standard InChI is InChI=1S/C20H18N2O3S/c1-14(19(24)21-16-10-6-3-7-11-16)25-18(23)12-17-13-26-20(22-17)15-8-4-2-5-9-15/h2-11,13-14H,12H2,1H3,(H,21,24)/t14-/m1/s1. The predicted octanol–water partition coefficient (Wildman–Crippen LogP) is 3.92. The molecular formula is C20H18N2O3S. The van der Waals surface area contributed by atoms with Gasteiger partial charge in [0.25, 0.3) is 5.91 Å². The zero-order valence-corrected chi connectivity index (χ0v) is 15.0. The molecule has 132 valence electrons. The molecule has 0 bridgehead atoms. The number of aromatic nitrogens is 1. The van der Waals surface area contributed by atoms with Gasteiger partial charge >= 0.3 is 5.97 Å². The van der Waals surface area contributed by atoms with Gasteiger partial charge in [-0.2, -0.15) is 0 Å². The number of rotatable bonds is 6. The molecule has 1 N–H and O–H groups in total. The molecule has 5 nitrogen and oxygen atoms in total. The Morgan fingerprint density at radius 3 is 2.42 bits per heavy atom. The number of nitrogens with zero attached hydrogens (tertiary/aromatic N) is 1. The van der Waals surface area contributed by atoms with Crippen molar-refractivity contribution in [2.45, 2.75) is 19.4 Å². The molecule has 1 atom stereocenters. The Morgan fingerprint density at radius 1 is 1.08 bits per heavy atom. The Morgan fingerprint density at radius 2 is 1.73 bits per heavy atom. The van der Waals surface area contributed by atoms with Crippen LogP contribution in [-0.2, 0) is 20.7 Å². The predicted molar refractivity (Wildman–Crippen MR) is 102 cm³/mol. The summed E-state index contributed by atoms with van der Waals surface area (Å²) in [7, 11) is 0. The van der Waals surface area contributed by atoms with Crippen molar-refractivity contribution < 1.29 is 14.3 Å². The number of benzene rings is 2. The maximum absolute atomic E-state index is 12.1. The lowest BCUT2D eigenvalue weighted by molar-refractivity contribution is -0.152. The van der Waals surface area contributed by atoms with E-state index in [9.17, 15) is 9.59 Å². The quantitative estimate of drug-likeness (QED) is 0.671. The monoisotopic (exact) mass is 366 g/mol. The fourth-order valence-corrected chi connectivity index (χ4v) is 3.13. The lowest BCUT2D eigenvalue weighted by atomic mass is 10.2. The van der Waals surface area contributed by atoms with Crippen LogP contribution in [0.3, 0.4) is 0 Å². The van der Waals surface area contributed by atoms with E-state index in [2.05, 4.69) is 10.3 Å². The van der Waals surface area contributed by atoms with Gasteiger partial charge < -0.3 is 10.1 Å². The van der Waals surface area contributed by atoms with E-state index in [1.165, 1.54) is 11.3 Å². The lowest BCUT2D eigenvalue weighted by Crippen LogP contribution is -2.30. The summed E-state index contributed by atoms with van der Waals surface area (Å²) in [5.74, 6) is -0.849. The van der Waals surface area contributed by atoms with Crippen LogP contribution in [0.5, 0.6) is 0 Å². The minimum absolute atomic E-state index is 0.0340. The number of nitrogens with one attached hydrogen (secondary N) is 1. The molecule has 0 unspecified atom stereocenters. The number of esters is 1. The highest BCUT2D eigenvalue weighted by molar-refractivity contribution is 7.13. The van der Waals surface area contributed by atoms with E-state index >= 15 is 0 Å². The summed E-state index contributed by atoms with van der Waals surface area (Å²) in [6.45, 7) is 1.55. The molecule has 2 aromatic carbocycles. The van der Waals surface area contributed by atoms with Crippen LogP contribution in [0.4, 0.5) is 5.69 Å². The first-order chi connectivity index (χ1) is 12.6. The third-order valence-corrected chi connectivity index (χ3v) is 4.56. The molecule has 0 spiro atoms. The summed E-state index contributed by atoms with van der Waals surface area (Å²) in [6.07, 6.45) is -0.846. The van der Waals surface area contributed by atoms with Crippen molar-refractivity contribution in [2.75, 3.05) is 5.32 Å². The Bertz CT molecular complexity index is 878. The molecule has 26 heavy (non-hydrogen) atoms. The van der Waals surface area contributed by atoms with Crippen molar-refractivity contribution in [2.24, 2.45) is 0 Å². The van der Waals surface area contributed by atoms with Gasteiger partial charge in [0.1, 0.15) is 5.01 Å². The number of hydrogen-bond acceptors (Lipinski definition) is 5. The number of para-hydroxylation sites is 1. The van der Waals surface area contributed by atoms with Crippen LogP contribution >= 0.6 is 11.3 Å². The number of carbonyl (C=O) groups is 2. The Hall–Kier alpha value is -2.99. The highest BCUT2D eigenvalue weighted by Crippen LogP contribution is 2.23. The highest BCUT2D eigenvalue weighted by atomic mass is 32.1. The number of anilines is 1. The van der Waals surface area contributed by atoms with Gasteiger partial charge in [0.2, 0.25) is 0 Å². The summed E-state index contributed by atoms with van der Waals surface area (Å²) >= 11 is 1.47. The molecule has 0 saturated carbocycles. The number of carbonyl (C=O) groups excluding carboxylic acids is 2. The maximum atomic E-state index is 12.1. The number of amides is 1. The summed E-state index contributed by atoms with van der Waals surface area (Å²) in [5.41, 5.74) is 2.30. The Kier molecular flexibility index (Phi) is 5.76. The molecule has 0 aliphatic rings. The average Bonchev–Trinajstić information content (AvgIpc) is 3.11. The minimum atomic E-state index is -0.880. The van der Waals surface area contributed by atoms with E-state index in [-0.39, 0.29) is 12.3 Å². The van der Waals surface area contributed by atoms with Crippen LogP contribution in [0.2, 0.25) is 0 Å². The van der Waals surface area contributed by atoms with E-state index in [4.69, 9.17) is 4.74 Å². The van der Waals surface area contributed by atoms with Crippen molar-refractivity contribution in [3.05, 3.63) is 71.7 Å².